The van der Waals surface area contributed by atoms with E-state index in [1.807, 2.05) is 31.2 Å². The minimum Gasteiger partial charge on any atom is -0.497 e. The van der Waals surface area contributed by atoms with Gasteiger partial charge in [0.15, 0.2) is 8.32 Å². The molecule has 158 valence electrons. The highest BCUT2D eigenvalue weighted by molar-refractivity contribution is 6.73. The van der Waals surface area contributed by atoms with Crippen molar-refractivity contribution in [3.05, 3.63) is 41.5 Å². The van der Waals surface area contributed by atoms with Gasteiger partial charge in [0.2, 0.25) is 0 Å². The van der Waals surface area contributed by atoms with Crippen LogP contribution in [0.25, 0.3) is 0 Å². The van der Waals surface area contributed by atoms with Gasteiger partial charge in [-0.2, -0.15) is 0 Å². The van der Waals surface area contributed by atoms with E-state index in [1.54, 1.807) is 7.11 Å². The molecule has 0 saturated heterocycles. The van der Waals surface area contributed by atoms with Crippen molar-refractivity contribution in [2.75, 3.05) is 13.7 Å². The summed E-state index contributed by atoms with van der Waals surface area (Å²) in [6.07, 6.45) is 3.87. The molecule has 2 atom stereocenters. The minimum absolute atomic E-state index is 0.120. The van der Waals surface area contributed by atoms with Crippen LogP contribution in [0.5, 0.6) is 5.75 Å². The Morgan fingerprint density at radius 1 is 1.11 bits per heavy atom. The van der Waals surface area contributed by atoms with Crippen LogP contribution >= 0.6 is 0 Å². The number of rotatable bonds is 14. The number of hydrogen-bond donors (Lipinski definition) is 0. The summed E-state index contributed by atoms with van der Waals surface area (Å²) >= 11 is 0. The Kier molecular flexibility index (Phi) is 11.3. The summed E-state index contributed by atoms with van der Waals surface area (Å²) in [7, 11) is -0.107. The number of carbonyl (C=O) groups is 1. The van der Waals surface area contributed by atoms with Crippen LogP contribution in [-0.4, -0.2) is 34.4 Å². The Morgan fingerprint density at radius 3 is 2.21 bits per heavy atom. The van der Waals surface area contributed by atoms with Gasteiger partial charge in [-0.1, -0.05) is 45.9 Å². The first-order valence-electron chi connectivity index (χ1n) is 10.5. The number of benzene rings is 1. The van der Waals surface area contributed by atoms with Crippen LogP contribution in [0.15, 0.2) is 35.9 Å². The Balaban J connectivity index is 2.61. The maximum atomic E-state index is 11.5. The molecule has 0 aromatic heterocycles. The van der Waals surface area contributed by atoms with Crippen molar-refractivity contribution in [1.82, 2.24) is 0 Å². The van der Waals surface area contributed by atoms with Crippen LogP contribution in [0.4, 0.5) is 0 Å². The Bertz CT molecular complexity index is 585. The lowest BCUT2D eigenvalue weighted by atomic mass is 9.99. The highest BCUT2D eigenvalue weighted by Gasteiger charge is 2.34. The number of methoxy groups -OCH3 is 1. The van der Waals surface area contributed by atoms with Crippen molar-refractivity contribution in [2.45, 2.75) is 71.9 Å². The molecule has 1 aromatic carbocycles. The molecule has 0 heterocycles. The third-order valence-electron chi connectivity index (χ3n) is 5.61. The molecule has 4 nitrogen and oxygen atoms in total. The molecule has 0 unspecified atom stereocenters. The molecule has 0 aliphatic rings. The van der Waals surface area contributed by atoms with Gasteiger partial charge < -0.3 is 18.7 Å². The zero-order chi connectivity index (χ0) is 21.0. The molecule has 0 radical (unpaired) electrons. The lowest BCUT2D eigenvalue weighted by Gasteiger charge is -2.35. The second kappa shape index (κ2) is 12.9. The van der Waals surface area contributed by atoms with Crippen LogP contribution in [0.2, 0.25) is 18.1 Å². The normalized spacial score (nSPS) is 14.6. The van der Waals surface area contributed by atoms with E-state index < -0.39 is 8.32 Å². The van der Waals surface area contributed by atoms with Crippen LogP contribution in [-0.2, 0) is 20.6 Å². The van der Waals surface area contributed by atoms with Crippen LogP contribution in [0, 0.1) is 5.92 Å². The van der Waals surface area contributed by atoms with E-state index in [-0.39, 0.29) is 12.0 Å². The topological polar surface area (TPSA) is 44.8 Å². The second-order valence-corrected chi connectivity index (χ2v) is 12.1. The third-order valence-corrected chi connectivity index (χ3v) is 10.2. The van der Waals surface area contributed by atoms with E-state index >= 15 is 0 Å². The zero-order valence-electron chi connectivity index (χ0n) is 18.5. The molecule has 0 aliphatic carbocycles. The fourth-order valence-corrected chi connectivity index (χ4v) is 6.29. The van der Waals surface area contributed by atoms with E-state index in [2.05, 4.69) is 33.8 Å². The highest BCUT2D eigenvalue weighted by atomic mass is 28.4. The van der Waals surface area contributed by atoms with Crippen LogP contribution < -0.4 is 4.74 Å². The predicted molar refractivity (Wildman–Crippen MR) is 118 cm³/mol. The second-order valence-electron chi connectivity index (χ2n) is 7.41. The summed E-state index contributed by atoms with van der Waals surface area (Å²) < 4.78 is 17.6. The van der Waals surface area contributed by atoms with Gasteiger partial charge in [0.25, 0.3) is 0 Å². The predicted octanol–water partition coefficient (Wildman–Crippen LogP) is 5.77. The third kappa shape index (κ3) is 7.53. The summed E-state index contributed by atoms with van der Waals surface area (Å²) in [5.74, 6) is 0.719. The van der Waals surface area contributed by atoms with Crippen LogP contribution in [0.1, 0.15) is 46.6 Å². The summed E-state index contributed by atoms with van der Waals surface area (Å²) in [6.45, 7) is 11.9. The summed E-state index contributed by atoms with van der Waals surface area (Å²) in [5, 5.41) is 0. The molecule has 0 aliphatic heterocycles. The summed E-state index contributed by atoms with van der Waals surface area (Å²) in [5.41, 5.74) is 2.27. The zero-order valence-corrected chi connectivity index (χ0v) is 19.5. The van der Waals surface area contributed by atoms with Gasteiger partial charge in [-0.3, -0.25) is 0 Å². The lowest BCUT2D eigenvalue weighted by Crippen LogP contribution is -2.42. The monoisotopic (exact) mass is 406 g/mol. The van der Waals surface area contributed by atoms with Gasteiger partial charge in [-0.15, -0.1) is 0 Å². The molecule has 0 amide bonds. The molecule has 28 heavy (non-hydrogen) atoms. The Labute approximate surface area is 172 Å². The number of aldehydes is 1. The van der Waals surface area contributed by atoms with Crippen molar-refractivity contribution >= 4 is 14.6 Å². The smallest absolute Gasteiger partial charge is 0.192 e. The van der Waals surface area contributed by atoms with E-state index in [1.165, 1.54) is 0 Å². The largest absolute Gasteiger partial charge is 0.497 e. The quantitative estimate of drug-likeness (QED) is 0.170. The fraction of sp³-hybridized carbons (Fsp3) is 0.609. The Morgan fingerprint density at radius 2 is 1.71 bits per heavy atom. The summed E-state index contributed by atoms with van der Waals surface area (Å²) in [4.78, 5) is 11.5. The van der Waals surface area contributed by atoms with E-state index in [0.717, 1.165) is 47.7 Å². The minimum atomic E-state index is -1.77. The van der Waals surface area contributed by atoms with Crippen LogP contribution in [0.3, 0.4) is 0 Å². The molecule has 5 heteroatoms. The maximum Gasteiger partial charge on any atom is 0.192 e. The van der Waals surface area contributed by atoms with Gasteiger partial charge in [0, 0.05) is 5.92 Å². The van der Waals surface area contributed by atoms with Gasteiger partial charge in [0.05, 0.1) is 26.4 Å². The molecule has 0 bridgehead atoms. The first-order valence-corrected chi connectivity index (χ1v) is 13.0. The molecule has 0 spiro atoms. The van der Waals surface area contributed by atoms with Crippen molar-refractivity contribution < 1.29 is 18.7 Å². The van der Waals surface area contributed by atoms with Gasteiger partial charge in [0.1, 0.15) is 12.0 Å². The standard InChI is InChI=1S/C23H38O4Si/c1-7-28(8-2,9-3)27-23(20(5)17-24)19(4)11-10-16-26-18-21-12-14-22(25-6)15-13-21/h11-15,17,20,23H,7-10,16,18H2,1-6H3/t20-,23+/m1/s1. The average molecular weight is 407 g/mol. The van der Waals surface area contributed by atoms with Gasteiger partial charge in [-0.05, 0) is 54.7 Å². The van der Waals surface area contributed by atoms with Crippen molar-refractivity contribution in [2.24, 2.45) is 5.92 Å². The average Bonchev–Trinajstić information content (AvgIpc) is 2.74. The molecule has 0 N–H and O–H groups in total. The van der Waals surface area contributed by atoms with E-state index in [9.17, 15) is 4.79 Å². The summed E-state index contributed by atoms with van der Waals surface area (Å²) in [6, 6.07) is 11.2. The first kappa shape index (κ1) is 24.6. The Hall–Kier alpha value is -1.43. The van der Waals surface area contributed by atoms with Gasteiger partial charge in [-0.25, -0.2) is 0 Å². The maximum absolute atomic E-state index is 11.5. The molecular weight excluding hydrogens is 368 g/mol. The number of carbonyl (C=O) groups excluding carboxylic acids is 1. The van der Waals surface area contributed by atoms with Gasteiger partial charge >= 0.3 is 0 Å². The van der Waals surface area contributed by atoms with E-state index in [0.29, 0.717) is 13.2 Å². The first-order chi connectivity index (χ1) is 13.4. The van der Waals surface area contributed by atoms with Crippen molar-refractivity contribution in [3.8, 4) is 5.75 Å². The van der Waals surface area contributed by atoms with Crippen molar-refractivity contribution in [1.29, 1.82) is 0 Å². The number of ether oxygens (including phenoxy) is 2. The molecule has 0 saturated carbocycles. The molecule has 1 rings (SSSR count). The number of hydrogen-bond acceptors (Lipinski definition) is 4. The van der Waals surface area contributed by atoms with E-state index in [4.69, 9.17) is 13.9 Å². The molecule has 0 fully saturated rings. The molecular formula is C23H38O4Si. The van der Waals surface area contributed by atoms with Crippen molar-refractivity contribution in [3.63, 3.8) is 0 Å². The SMILES string of the molecule is CC[Si](CC)(CC)O[C@@H](C(C)=CCCOCc1ccc(OC)cc1)[C@H](C)C=O. The highest BCUT2D eigenvalue weighted by Crippen LogP contribution is 2.28. The molecule has 1 aromatic rings. The lowest BCUT2D eigenvalue weighted by molar-refractivity contribution is -0.112. The fourth-order valence-electron chi connectivity index (χ4n) is 3.35.